The molecule has 0 bridgehead atoms. The first kappa shape index (κ1) is 8.92. The Labute approximate surface area is 89.1 Å². The fraction of sp³-hybridized carbons (Fsp3) is 0.417. The fourth-order valence-electron chi connectivity index (χ4n) is 2.33. The maximum absolute atomic E-state index is 4.21. The molecule has 0 radical (unpaired) electrons. The van der Waals surface area contributed by atoms with Gasteiger partial charge < -0.3 is 5.32 Å². The molecule has 0 aromatic carbocycles. The zero-order valence-corrected chi connectivity index (χ0v) is 8.69. The van der Waals surface area contributed by atoms with E-state index in [0.29, 0.717) is 5.92 Å². The number of rotatable bonds is 1. The van der Waals surface area contributed by atoms with Gasteiger partial charge in [0.05, 0.1) is 5.52 Å². The van der Waals surface area contributed by atoms with Crippen molar-refractivity contribution >= 4 is 5.52 Å². The minimum Gasteiger partial charge on any atom is -0.316 e. The molecule has 1 atom stereocenters. The number of aromatic nitrogens is 2. The number of nitrogens with zero attached hydrogens (tertiary/aromatic N) is 2. The topological polar surface area (TPSA) is 29.3 Å². The zero-order chi connectivity index (χ0) is 10.1. The SMILES string of the molecule is c1cc2cc(C3CCCNC3)ccn2n1. The molecule has 0 spiro atoms. The molecule has 3 heteroatoms. The highest BCUT2D eigenvalue weighted by Gasteiger charge is 2.15. The largest absolute Gasteiger partial charge is 0.316 e. The van der Waals surface area contributed by atoms with E-state index in [2.05, 4.69) is 34.8 Å². The van der Waals surface area contributed by atoms with Gasteiger partial charge in [0, 0.05) is 18.9 Å². The molecule has 78 valence electrons. The lowest BCUT2D eigenvalue weighted by Gasteiger charge is -2.23. The molecule has 1 N–H and O–H groups in total. The molecule has 1 saturated heterocycles. The third kappa shape index (κ3) is 1.63. The second-order valence-corrected chi connectivity index (χ2v) is 4.20. The monoisotopic (exact) mass is 201 g/mol. The smallest absolute Gasteiger partial charge is 0.0664 e. The fourth-order valence-corrected chi connectivity index (χ4v) is 2.33. The molecule has 0 aliphatic carbocycles. The van der Waals surface area contributed by atoms with Crippen LogP contribution in [0.2, 0.25) is 0 Å². The van der Waals surface area contributed by atoms with Gasteiger partial charge >= 0.3 is 0 Å². The van der Waals surface area contributed by atoms with Gasteiger partial charge in [0.2, 0.25) is 0 Å². The van der Waals surface area contributed by atoms with Gasteiger partial charge in [-0.3, -0.25) is 0 Å². The Morgan fingerprint density at radius 2 is 2.40 bits per heavy atom. The summed E-state index contributed by atoms with van der Waals surface area (Å²) in [4.78, 5) is 0. The van der Waals surface area contributed by atoms with Gasteiger partial charge in [-0.05, 0) is 49.1 Å². The van der Waals surface area contributed by atoms with Crippen molar-refractivity contribution in [1.82, 2.24) is 14.9 Å². The Morgan fingerprint density at radius 1 is 1.40 bits per heavy atom. The second kappa shape index (κ2) is 3.66. The molecular weight excluding hydrogens is 186 g/mol. The molecule has 0 saturated carbocycles. The Balaban J connectivity index is 1.95. The maximum Gasteiger partial charge on any atom is 0.0664 e. The predicted molar refractivity (Wildman–Crippen MR) is 60.0 cm³/mol. The summed E-state index contributed by atoms with van der Waals surface area (Å²) in [5, 5.41) is 7.66. The maximum atomic E-state index is 4.21. The molecule has 15 heavy (non-hydrogen) atoms. The third-order valence-electron chi connectivity index (χ3n) is 3.19. The van der Waals surface area contributed by atoms with Crippen LogP contribution in [0.4, 0.5) is 0 Å². The summed E-state index contributed by atoms with van der Waals surface area (Å²) in [5.41, 5.74) is 2.63. The molecule has 2 aromatic heterocycles. The standard InChI is InChI=1S/C12H15N3/c1-2-11(9-13-5-1)10-4-7-15-12(8-10)3-6-14-15/h3-4,6-8,11,13H,1-2,5,9H2. The van der Waals surface area contributed by atoms with Crippen LogP contribution in [0.15, 0.2) is 30.6 Å². The third-order valence-corrected chi connectivity index (χ3v) is 3.19. The number of fused-ring (bicyclic) bond motifs is 1. The van der Waals surface area contributed by atoms with Crippen molar-refractivity contribution in [3.8, 4) is 0 Å². The lowest BCUT2D eigenvalue weighted by Crippen LogP contribution is -2.28. The van der Waals surface area contributed by atoms with Crippen LogP contribution in [0.5, 0.6) is 0 Å². The van der Waals surface area contributed by atoms with E-state index in [9.17, 15) is 0 Å². The first-order valence-corrected chi connectivity index (χ1v) is 5.57. The average molecular weight is 201 g/mol. The van der Waals surface area contributed by atoms with Crippen molar-refractivity contribution in [1.29, 1.82) is 0 Å². The molecule has 1 aliphatic rings. The minimum atomic E-state index is 0.679. The van der Waals surface area contributed by atoms with E-state index in [-0.39, 0.29) is 0 Å². The lowest BCUT2D eigenvalue weighted by atomic mass is 9.92. The van der Waals surface area contributed by atoms with E-state index in [1.54, 1.807) is 0 Å². The van der Waals surface area contributed by atoms with Gasteiger partial charge in [0.15, 0.2) is 0 Å². The second-order valence-electron chi connectivity index (χ2n) is 4.20. The number of hydrogen-bond donors (Lipinski definition) is 1. The van der Waals surface area contributed by atoms with Crippen molar-refractivity contribution in [2.24, 2.45) is 0 Å². The Bertz CT molecular complexity index is 455. The van der Waals surface area contributed by atoms with Gasteiger partial charge in [-0.25, -0.2) is 4.52 Å². The molecule has 1 aliphatic heterocycles. The van der Waals surface area contributed by atoms with Gasteiger partial charge in [-0.15, -0.1) is 0 Å². The minimum absolute atomic E-state index is 0.679. The highest BCUT2D eigenvalue weighted by atomic mass is 15.2. The lowest BCUT2D eigenvalue weighted by molar-refractivity contribution is 0.461. The first-order chi connectivity index (χ1) is 7.43. The summed E-state index contributed by atoms with van der Waals surface area (Å²) in [6, 6.07) is 6.50. The number of pyridine rings is 1. The summed E-state index contributed by atoms with van der Waals surface area (Å²) in [6.45, 7) is 2.29. The van der Waals surface area contributed by atoms with E-state index < -0.39 is 0 Å². The highest BCUT2D eigenvalue weighted by molar-refractivity contribution is 5.48. The van der Waals surface area contributed by atoms with Crippen LogP contribution >= 0.6 is 0 Å². The molecular formula is C12H15N3. The highest BCUT2D eigenvalue weighted by Crippen LogP contribution is 2.23. The van der Waals surface area contributed by atoms with Crippen molar-refractivity contribution in [2.45, 2.75) is 18.8 Å². The quantitative estimate of drug-likeness (QED) is 0.762. The van der Waals surface area contributed by atoms with Crippen molar-refractivity contribution < 1.29 is 0 Å². The molecule has 2 aromatic rings. The predicted octanol–water partition coefficient (Wildman–Crippen LogP) is 1.80. The van der Waals surface area contributed by atoms with Crippen LogP contribution in [0.3, 0.4) is 0 Å². The van der Waals surface area contributed by atoms with Crippen LogP contribution in [0.25, 0.3) is 5.52 Å². The van der Waals surface area contributed by atoms with E-state index in [1.807, 2.05) is 10.7 Å². The summed E-state index contributed by atoms with van der Waals surface area (Å²) < 4.78 is 1.92. The summed E-state index contributed by atoms with van der Waals surface area (Å²) in [5.74, 6) is 0.679. The van der Waals surface area contributed by atoms with E-state index in [1.165, 1.54) is 30.5 Å². The summed E-state index contributed by atoms with van der Waals surface area (Å²) >= 11 is 0. The molecule has 3 nitrogen and oxygen atoms in total. The van der Waals surface area contributed by atoms with Crippen LogP contribution in [0, 0.1) is 0 Å². The van der Waals surface area contributed by atoms with Crippen molar-refractivity contribution in [3.63, 3.8) is 0 Å². The molecule has 1 fully saturated rings. The summed E-state index contributed by atoms with van der Waals surface area (Å²) in [7, 11) is 0. The Hall–Kier alpha value is -1.35. The Morgan fingerprint density at radius 3 is 3.27 bits per heavy atom. The van der Waals surface area contributed by atoms with Gasteiger partial charge in [-0.2, -0.15) is 5.10 Å². The van der Waals surface area contributed by atoms with Crippen LogP contribution in [0.1, 0.15) is 24.3 Å². The van der Waals surface area contributed by atoms with Crippen molar-refractivity contribution in [2.75, 3.05) is 13.1 Å². The average Bonchev–Trinajstić information content (AvgIpc) is 2.77. The Kier molecular flexibility index (Phi) is 2.18. The first-order valence-electron chi connectivity index (χ1n) is 5.57. The molecule has 1 unspecified atom stereocenters. The van der Waals surface area contributed by atoms with Gasteiger partial charge in [0.25, 0.3) is 0 Å². The number of hydrogen-bond acceptors (Lipinski definition) is 2. The molecule has 0 amide bonds. The molecule has 3 heterocycles. The van der Waals surface area contributed by atoms with Crippen LogP contribution < -0.4 is 5.32 Å². The summed E-state index contributed by atoms with van der Waals surface area (Å²) in [6.07, 6.45) is 6.49. The number of nitrogens with one attached hydrogen (secondary N) is 1. The van der Waals surface area contributed by atoms with Crippen LogP contribution in [-0.2, 0) is 0 Å². The van der Waals surface area contributed by atoms with Crippen LogP contribution in [-0.4, -0.2) is 22.7 Å². The van der Waals surface area contributed by atoms with Gasteiger partial charge in [0.1, 0.15) is 0 Å². The van der Waals surface area contributed by atoms with E-state index >= 15 is 0 Å². The normalized spacial score (nSPS) is 22.0. The number of piperidine rings is 1. The van der Waals surface area contributed by atoms with E-state index in [4.69, 9.17) is 0 Å². The zero-order valence-electron chi connectivity index (χ0n) is 8.69. The van der Waals surface area contributed by atoms with E-state index in [0.717, 1.165) is 6.54 Å². The molecule has 3 rings (SSSR count). The van der Waals surface area contributed by atoms with Gasteiger partial charge in [-0.1, -0.05) is 0 Å². The van der Waals surface area contributed by atoms with Crippen molar-refractivity contribution in [3.05, 3.63) is 36.2 Å².